The quantitative estimate of drug-likeness (QED) is 0.367. The zero-order valence-electron chi connectivity index (χ0n) is 4.30. The lowest BCUT2D eigenvalue weighted by Gasteiger charge is -1.97. The second kappa shape index (κ2) is 3.82. The Labute approximate surface area is 61.6 Å². The first-order chi connectivity index (χ1) is 4.09. The third-order valence-corrected chi connectivity index (χ3v) is 1.12. The Hall–Kier alpha value is -0.120. The number of hydrogen-bond donors (Lipinski definition) is 1. The molecule has 0 aromatic heterocycles. The molecule has 0 aliphatic heterocycles. The van der Waals surface area contributed by atoms with Crippen molar-refractivity contribution in [1.29, 1.82) is 0 Å². The predicted octanol–water partition coefficient (Wildman–Crippen LogP) is -0.0794. The van der Waals surface area contributed by atoms with Gasteiger partial charge in [-0.1, -0.05) is 0 Å². The van der Waals surface area contributed by atoms with Crippen LogP contribution in [0.15, 0.2) is 0 Å². The first-order valence-corrected chi connectivity index (χ1v) is 2.97. The van der Waals surface area contributed by atoms with E-state index in [4.69, 9.17) is 28.3 Å². The van der Waals surface area contributed by atoms with Crippen LogP contribution in [0.2, 0.25) is 0 Å². The molecule has 0 rings (SSSR count). The van der Waals surface area contributed by atoms with Gasteiger partial charge in [-0.05, 0) is 11.6 Å². The van der Waals surface area contributed by atoms with Crippen LogP contribution in [0.3, 0.4) is 0 Å². The van der Waals surface area contributed by atoms with Gasteiger partial charge in [-0.3, -0.25) is 9.59 Å². The minimum Gasteiger partial charge on any atom is -0.376 e. The molecule has 3 nitrogen and oxygen atoms in total. The fourth-order valence-electron chi connectivity index (χ4n) is 0.200. The number of carbonyl (C=O) groups is 2. The molecule has 0 heterocycles. The summed E-state index contributed by atoms with van der Waals surface area (Å²) in [6, 6.07) is 0. The monoisotopic (exact) mass is 170 g/mol. The molecule has 0 amide bonds. The van der Waals surface area contributed by atoms with Gasteiger partial charge in [0.25, 0.3) is 5.24 Å². The van der Waals surface area contributed by atoms with Crippen molar-refractivity contribution < 1.29 is 14.7 Å². The normalized spacial score (nSPS) is 12.8. The maximum absolute atomic E-state index is 10.3. The highest BCUT2D eigenvalue weighted by Gasteiger charge is 2.19. The van der Waals surface area contributed by atoms with Gasteiger partial charge in [0, 0.05) is 0 Å². The molecule has 0 radical (unpaired) electrons. The van der Waals surface area contributed by atoms with Gasteiger partial charge in [-0.2, -0.15) is 0 Å². The molecule has 0 aliphatic rings. The van der Waals surface area contributed by atoms with E-state index in [0.29, 0.717) is 0 Å². The maximum Gasteiger partial charge on any atom is 0.257 e. The SMILES string of the molecule is O=C(Cl)C(O)C(=O)CCl. The van der Waals surface area contributed by atoms with Crippen LogP contribution in [0.1, 0.15) is 0 Å². The summed E-state index contributed by atoms with van der Waals surface area (Å²) < 4.78 is 0. The Morgan fingerprint density at radius 1 is 1.56 bits per heavy atom. The van der Waals surface area contributed by atoms with E-state index in [1.54, 1.807) is 0 Å². The molecule has 0 fully saturated rings. The molecule has 1 atom stereocenters. The summed E-state index contributed by atoms with van der Waals surface area (Å²) in [4.78, 5) is 20.2. The minimum absolute atomic E-state index is 0.403. The number of ketones is 1. The summed E-state index contributed by atoms with van der Waals surface area (Å²) >= 11 is 9.70. The van der Waals surface area contributed by atoms with Gasteiger partial charge in [0.05, 0.1) is 5.88 Å². The molecule has 0 aromatic rings. The smallest absolute Gasteiger partial charge is 0.257 e. The summed E-state index contributed by atoms with van der Waals surface area (Å²) in [5, 5.41) is 7.38. The number of halogens is 2. The second-order valence-electron chi connectivity index (χ2n) is 1.31. The van der Waals surface area contributed by atoms with Gasteiger partial charge in [0.2, 0.25) is 0 Å². The molecule has 1 unspecified atom stereocenters. The van der Waals surface area contributed by atoms with E-state index in [-0.39, 0.29) is 0 Å². The molecular formula is C4H4Cl2O3. The van der Waals surface area contributed by atoms with E-state index in [1.165, 1.54) is 0 Å². The molecule has 0 saturated heterocycles. The largest absolute Gasteiger partial charge is 0.376 e. The lowest BCUT2D eigenvalue weighted by molar-refractivity contribution is -0.132. The lowest BCUT2D eigenvalue weighted by Crippen LogP contribution is -2.27. The summed E-state index contributed by atoms with van der Waals surface area (Å²) in [6.45, 7) is 0. The number of alkyl halides is 1. The van der Waals surface area contributed by atoms with Gasteiger partial charge >= 0.3 is 0 Å². The molecule has 9 heavy (non-hydrogen) atoms. The molecule has 52 valence electrons. The van der Waals surface area contributed by atoms with Crippen LogP contribution in [-0.4, -0.2) is 28.1 Å². The Morgan fingerprint density at radius 3 is 2.11 bits per heavy atom. The molecule has 0 spiro atoms. The highest BCUT2D eigenvalue weighted by atomic mass is 35.5. The van der Waals surface area contributed by atoms with E-state index in [2.05, 4.69) is 0 Å². The van der Waals surface area contributed by atoms with Crippen LogP contribution in [0.25, 0.3) is 0 Å². The number of aliphatic hydroxyl groups excluding tert-OH is 1. The van der Waals surface area contributed by atoms with Crippen molar-refractivity contribution in [2.45, 2.75) is 6.10 Å². The minimum atomic E-state index is -1.76. The summed E-state index contributed by atoms with van der Waals surface area (Å²) in [5.41, 5.74) is 0. The zero-order chi connectivity index (χ0) is 7.44. The molecule has 0 bridgehead atoms. The average molecular weight is 171 g/mol. The number of carbonyl (C=O) groups excluding carboxylic acids is 2. The van der Waals surface area contributed by atoms with Crippen molar-refractivity contribution in [2.75, 3.05) is 5.88 Å². The Balaban J connectivity index is 3.88. The maximum atomic E-state index is 10.3. The molecule has 0 aliphatic carbocycles. The summed E-state index contributed by atoms with van der Waals surface area (Å²) in [7, 11) is 0. The summed E-state index contributed by atoms with van der Waals surface area (Å²) in [6.07, 6.45) is -1.76. The Morgan fingerprint density at radius 2 is 2.00 bits per heavy atom. The molecule has 5 heteroatoms. The van der Waals surface area contributed by atoms with Gasteiger partial charge in [-0.15, -0.1) is 11.6 Å². The topological polar surface area (TPSA) is 54.4 Å². The fraction of sp³-hybridized carbons (Fsp3) is 0.500. The molecule has 0 saturated carbocycles. The van der Waals surface area contributed by atoms with Crippen molar-refractivity contribution in [3.8, 4) is 0 Å². The van der Waals surface area contributed by atoms with Crippen LogP contribution >= 0.6 is 23.2 Å². The zero-order valence-corrected chi connectivity index (χ0v) is 5.82. The van der Waals surface area contributed by atoms with Crippen LogP contribution in [0, 0.1) is 0 Å². The number of hydrogen-bond acceptors (Lipinski definition) is 3. The Bertz CT molecular complexity index is 134. The van der Waals surface area contributed by atoms with Crippen LogP contribution in [0.5, 0.6) is 0 Å². The van der Waals surface area contributed by atoms with Crippen molar-refractivity contribution in [3.05, 3.63) is 0 Å². The number of aliphatic hydroxyl groups is 1. The third-order valence-electron chi connectivity index (χ3n) is 0.652. The average Bonchev–Trinajstić information content (AvgIpc) is 1.84. The molecule has 1 N–H and O–H groups in total. The lowest BCUT2D eigenvalue weighted by atomic mass is 10.3. The second-order valence-corrected chi connectivity index (χ2v) is 1.95. The van der Waals surface area contributed by atoms with Crippen molar-refractivity contribution in [3.63, 3.8) is 0 Å². The van der Waals surface area contributed by atoms with Crippen molar-refractivity contribution >= 4 is 34.2 Å². The first kappa shape index (κ1) is 8.88. The number of Topliss-reactive ketones (excluding diaryl/α,β-unsaturated/α-hetero) is 1. The summed E-state index contributed by atoms with van der Waals surface area (Å²) in [5.74, 6) is -1.18. The van der Waals surface area contributed by atoms with E-state index < -0.39 is 23.0 Å². The first-order valence-electron chi connectivity index (χ1n) is 2.05. The van der Waals surface area contributed by atoms with Crippen LogP contribution in [0.4, 0.5) is 0 Å². The highest BCUT2D eigenvalue weighted by Crippen LogP contribution is 1.93. The van der Waals surface area contributed by atoms with Crippen LogP contribution < -0.4 is 0 Å². The van der Waals surface area contributed by atoms with Crippen LogP contribution in [-0.2, 0) is 9.59 Å². The predicted molar refractivity (Wildman–Crippen MR) is 32.6 cm³/mol. The van der Waals surface area contributed by atoms with Gasteiger partial charge in [-0.25, -0.2) is 0 Å². The van der Waals surface area contributed by atoms with E-state index in [9.17, 15) is 9.59 Å². The molecule has 0 aromatic carbocycles. The Kier molecular flexibility index (Phi) is 3.77. The molecular weight excluding hydrogens is 167 g/mol. The van der Waals surface area contributed by atoms with E-state index >= 15 is 0 Å². The van der Waals surface area contributed by atoms with Gasteiger partial charge in [0.1, 0.15) is 0 Å². The van der Waals surface area contributed by atoms with Gasteiger partial charge in [0.15, 0.2) is 11.9 Å². The third kappa shape index (κ3) is 2.79. The highest BCUT2D eigenvalue weighted by molar-refractivity contribution is 6.66. The van der Waals surface area contributed by atoms with Gasteiger partial charge < -0.3 is 5.11 Å². The van der Waals surface area contributed by atoms with Crippen molar-refractivity contribution in [2.24, 2.45) is 0 Å². The standard InChI is InChI=1S/C4H4Cl2O3/c5-1-2(7)3(8)4(6)9/h3,8H,1H2. The number of rotatable bonds is 3. The fourth-order valence-corrected chi connectivity index (χ4v) is 0.468. The van der Waals surface area contributed by atoms with Crippen molar-refractivity contribution in [1.82, 2.24) is 0 Å². The van der Waals surface area contributed by atoms with E-state index in [0.717, 1.165) is 0 Å². The van der Waals surface area contributed by atoms with E-state index in [1.807, 2.05) is 0 Å².